The van der Waals surface area contributed by atoms with Crippen LogP contribution in [0, 0.1) is 0 Å². The number of halogens is 5. The lowest BCUT2D eigenvalue weighted by Gasteiger charge is -2.12. The van der Waals surface area contributed by atoms with Crippen molar-refractivity contribution in [2.75, 3.05) is 0 Å². The summed E-state index contributed by atoms with van der Waals surface area (Å²) in [4.78, 5) is 11.2. The zero-order chi connectivity index (χ0) is 11.5. The predicted molar refractivity (Wildman–Crippen MR) is 60.3 cm³/mol. The van der Waals surface area contributed by atoms with Crippen molar-refractivity contribution in [2.24, 2.45) is 0 Å². The van der Waals surface area contributed by atoms with Crippen LogP contribution in [-0.4, -0.2) is 15.9 Å². The highest BCUT2D eigenvalue weighted by molar-refractivity contribution is 6.74. The fraction of sp³-hybridized carbons (Fsp3) is 0.571. The van der Waals surface area contributed by atoms with Crippen LogP contribution in [0.15, 0.2) is 10.1 Å². The maximum Gasteiger partial charge on any atom is 0.351 e. The Kier molecular flexibility index (Phi) is 5.93. The van der Waals surface area contributed by atoms with Crippen molar-refractivity contribution in [3.8, 4) is 0 Å². The van der Waals surface area contributed by atoms with Gasteiger partial charge in [0.15, 0.2) is 0 Å². The molecular formula is C7H7Cl5O2. The summed E-state index contributed by atoms with van der Waals surface area (Å²) >= 11 is 27.3. The van der Waals surface area contributed by atoms with Gasteiger partial charge < -0.3 is 4.74 Å². The molecule has 82 valence electrons. The van der Waals surface area contributed by atoms with Gasteiger partial charge in [-0.25, -0.2) is 4.79 Å². The van der Waals surface area contributed by atoms with E-state index in [1.807, 2.05) is 0 Å². The third kappa shape index (κ3) is 4.94. The first kappa shape index (κ1) is 14.7. The normalized spacial score (nSPS) is 14.0. The lowest BCUT2D eigenvalue weighted by molar-refractivity contribution is -0.141. The van der Waals surface area contributed by atoms with Crippen LogP contribution in [0.3, 0.4) is 0 Å². The molecule has 0 N–H and O–H groups in total. The summed E-state index contributed by atoms with van der Waals surface area (Å²) in [5.74, 6) is -0.821. The van der Waals surface area contributed by atoms with E-state index in [-0.39, 0.29) is 11.1 Å². The molecule has 14 heavy (non-hydrogen) atoms. The number of carbonyl (C=O) groups excluding carboxylic acids is 1. The molecule has 0 radical (unpaired) electrons. The van der Waals surface area contributed by atoms with Gasteiger partial charge in [-0.3, -0.25) is 0 Å². The molecule has 0 aliphatic rings. The van der Waals surface area contributed by atoms with Gasteiger partial charge in [0.25, 0.3) is 0 Å². The molecule has 0 bridgehead atoms. The van der Waals surface area contributed by atoms with E-state index in [1.165, 1.54) is 0 Å². The Morgan fingerprint density at radius 3 is 1.93 bits per heavy atom. The molecule has 0 atom stereocenters. The fourth-order valence-electron chi connectivity index (χ4n) is 0.480. The van der Waals surface area contributed by atoms with Gasteiger partial charge >= 0.3 is 5.97 Å². The van der Waals surface area contributed by atoms with E-state index in [1.54, 1.807) is 13.8 Å². The maximum atomic E-state index is 11.2. The molecule has 0 aromatic rings. The van der Waals surface area contributed by atoms with Crippen LogP contribution in [0.2, 0.25) is 0 Å². The average molecular weight is 300 g/mol. The topological polar surface area (TPSA) is 26.3 Å². The van der Waals surface area contributed by atoms with Crippen LogP contribution in [0.5, 0.6) is 0 Å². The highest BCUT2D eigenvalue weighted by atomic mass is 35.6. The molecule has 0 aliphatic heterocycles. The second kappa shape index (κ2) is 5.66. The van der Waals surface area contributed by atoms with Gasteiger partial charge in [0, 0.05) is 0 Å². The summed E-state index contributed by atoms with van der Waals surface area (Å²) in [6.45, 7) is 3.32. The summed E-state index contributed by atoms with van der Waals surface area (Å²) < 4.78 is 2.82. The Labute approximate surface area is 107 Å². The van der Waals surface area contributed by atoms with Gasteiger partial charge in [0.1, 0.15) is 5.03 Å². The summed E-state index contributed by atoms with van der Waals surface area (Å²) in [5.41, 5.74) is 0. The van der Waals surface area contributed by atoms with E-state index >= 15 is 0 Å². The highest BCUT2D eigenvalue weighted by Crippen LogP contribution is 2.40. The lowest BCUT2D eigenvalue weighted by atomic mass is 10.4. The fourth-order valence-corrected chi connectivity index (χ4v) is 1.17. The van der Waals surface area contributed by atoms with E-state index in [0.717, 1.165) is 0 Å². The molecule has 0 fully saturated rings. The number of hydrogen-bond acceptors (Lipinski definition) is 2. The summed E-state index contributed by atoms with van der Waals surface area (Å²) in [6, 6.07) is 0. The number of carbonyl (C=O) groups is 1. The summed E-state index contributed by atoms with van der Waals surface area (Å²) in [7, 11) is 0. The van der Waals surface area contributed by atoms with Crippen molar-refractivity contribution in [3.63, 3.8) is 0 Å². The van der Waals surface area contributed by atoms with Crippen molar-refractivity contribution >= 4 is 64.0 Å². The molecule has 0 saturated carbocycles. The molecule has 0 unspecified atom stereocenters. The molecule has 0 rings (SSSR count). The molecular weight excluding hydrogens is 293 g/mol. The number of esters is 1. The zero-order valence-corrected chi connectivity index (χ0v) is 11.1. The smallest absolute Gasteiger partial charge is 0.351 e. The van der Waals surface area contributed by atoms with E-state index < -0.39 is 14.8 Å². The van der Waals surface area contributed by atoms with Crippen LogP contribution in [0.1, 0.15) is 13.8 Å². The Hall–Kier alpha value is 0.660. The van der Waals surface area contributed by atoms with Crippen LogP contribution in [0.4, 0.5) is 0 Å². The van der Waals surface area contributed by atoms with Gasteiger partial charge in [-0.1, -0.05) is 58.0 Å². The summed E-state index contributed by atoms with van der Waals surface area (Å²) in [5, 5.41) is -0.810. The third-order valence-corrected chi connectivity index (χ3v) is 2.73. The van der Waals surface area contributed by atoms with E-state index in [9.17, 15) is 4.79 Å². The largest absolute Gasteiger partial charge is 0.459 e. The molecule has 2 nitrogen and oxygen atoms in total. The molecule has 0 saturated heterocycles. The van der Waals surface area contributed by atoms with Gasteiger partial charge in [-0.05, 0) is 13.8 Å². The van der Waals surface area contributed by atoms with Crippen molar-refractivity contribution in [1.82, 2.24) is 0 Å². The van der Waals surface area contributed by atoms with E-state index in [0.29, 0.717) is 0 Å². The van der Waals surface area contributed by atoms with E-state index in [4.69, 9.17) is 62.7 Å². The molecule has 0 amide bonds. The number of rotatable bonds is 2. The van der Waals surface area contributed by atoms with Crippen molar-refractivity contribution in [3.05, 3.63) is 10.1 Å². The van der Waals surface area contributed by atoms with Crippen LogP contribution in [-0.2, 0) is 9.53 Å². The number of hydrogen-bond donors (Lipinski definition) is 0. The first-order valence-electron chi connectivity index (χ1n) is 3.49. The summed E-state index contributed by atoms with van der Waals surface area (Å²) in [6.07, 6.45) is -0.323. The second-order valence-corrected chi connectivity index (χ2v) is 5.62. The zero-order valence-electron chi connectivity index (χ0n) is 7.28. The minimum absolute atomic E-state index is 0.323. The lowest BCUT2D eigenvalue weighted by Crippen LogP contribution is -2.15. The van der Waals surface area contributed by atoms with Gasteiger partial charge in [0.05, 0.1) is 11.1 Å². The first-order valence-corrected chi connectivity index (χ1v) is 5.38. The number of allylic oxidation sites excluding steroid dienone is 1. The van der Waals surface area contributed by atoms with E-state index in [2.05, 4.69) is 0 Å². The molecule has 0 spiro atoms. The number of ether oxygens (including phenoxy) is 1. The second-order valence-electron chi connectivity index (χ2n) is 2.58. The highest BCUT2D eigenvalue weighted by Gasteiger charge is 2.30. The molecule has 0 aromatic heterocycles. The minimum atomic E-state index is -1.92. The molecule has 0 aromatic carbocycles. The average Bonchev–Trinajstić information content (AvgIpc) is 1.98. The molecule has 7 heteroatoms. The molecule has 0 aliphatic carbocycles. The minimum Gasteiger partial charge on any atom is -0.459 e. The van der Waals surface area contributed by atoms with Crippen molar-refractivity contribution < 1.29 is 9.53 Å². The van der Waals surface area contributed by atoms with Crippen molar-refractivity contribution in [1.29, 1.82) is 0 Å². The van der Waals surface area contributed by atoms with Crippen LogP contribution in [0.25, 0.3) is 0 Å². The standard InChI is InChI=1S/C7H7Cl5O2/c1-3(2)14-6(13)4(8)5(9)7(10,11)12/h3H,1-2H3. The Morgan fingerprint density at radius 2 is 1.64 bits per heavy atom. The third-order valence-electron chi connectivity index (χ3n) is 0.964. The van der Waals surface area contributed by atoms with Crippen LogP contribution < -0.4 is 0 Å². The molecule has 0 heterocycles. The maximum absolute atomic E-state index is 11.2. The predicted octanol–water partition coefficient (Wildman–Crippen LogP) is 4.00. The Morgan fingerprint density at radius 1 is 1.21 bits per heavy atom. The van der Waals surface area contributed by atoms with Crippen LogP contribution >= 0.6 is 58.0 Å². The van der Waals surface area contributed by atoms with Gasteiger partial charge in [-0.15, -0.1) is 0 Å². The Balaban J connectivity index is 4.75. The monoisotopic (exact) mass is 298 g/mol. The van der Waals surface area contributed by atoms with Crippen molar-refractivity contribution in [2.45, 2.75) is 23.7 Å². The quantitative estimate of drug-likeness (QED) is 0.438. The number of alkyl halides is 3. The SMILES string of the molecule is CC(C)OC(=O)C(Cl)=C(Cl)C(Cl)(Cl)Cl. The van der Waals surface area contributed by atoms with Gasteiger partial charge in [-0.2, -0.15) is 0 Å². The first-order chi connectivity index (χ1) is 6.16. The van der Waals surface area contributed by atoms with Gasteiger partial charge in [0.2, 0.25) is 3.79 Å². The Bertz CT molecular complexity index is 253.